The number of carbonyl (C=O) groups excluding carboxylic acids is 1. The maximum atomic E-state index is 14.3. The first-order valence-electron chi connectivity index (χ1n) is 8.14. The molecule has 0 aromatic heterocycles. The number of hydrogen-bond donors (Lipinski definition) is 0. The molecular formula is C18H20F2O3. The molecule has 124 valence electrons. The van der Waals surface area contributed by atoms with E-state index in [2.05, 4.69) is 0 Å². The van der Waals surface area contributed by atoms with Gasteiger partial charge < -0.3 is 9.47 Å². The summed E-state index contributed by atoms with van der Waals surface area (Å²) < 4.78 is 39.3. The highest BCUT2D eigenvalue weighted by Crippen LogP contribution is 2.84. The minimum Gasteiger partial charge on any atom is -0.489 e. The summed E-state index contributed by atoms with van der Waals surface area (Å²) in [5.74, 6) is -3.77. The van der Waals surface area contributed by atoms with E-state index in [4.69, 9.17) is 9.47 Å². The molecule has 1 aromatic rings. The molecule has 0 amide bonds. The van der Waals surface area contributed by atoms with Crippen molar-refractivity contribution in [2.45, 2.75) is 32.6 Å². The molecule has 4 saturated carbocycles. The monoisotopic (exact) mass is 322 g/mol. The summed E-state index contributed by atoms with van der Waals surface area (Å²) >= 11 is 0. The molecule has 2 atom stereocenters. The van der Waals surface area contributed by atoms with Crippen molar-refractivity contribution in [3.63, 3.8) is 0 Å². The Bertz CT molecular complexity index is 638. The van der Waals surface area contributed by atoms with E-state index >= 15 is 0 Å². The van der Waals surface area contributed by atoms with Crippen LogP contribution in [0.4, 0.5) is 8.78 Å². The molecule has 23 heavy (non-hydrogen) atoms. The van der Waals surface area contributed by atoms with E-state index in [1.807, 2.05) is 32.0 Å². The van der Waals surface area contributed by atoms with Crippen LogP contribution in [0.2, 0.25) is 0 Å². The van der Waals surface area contributed by atoms with Crippen molar-refractivity contribution >= 4 is 5.97 Å². The van der Waals surface area contributed by atoms with Crippen molar-refractivity contribution in [1.82, 2.24) is 0 Å². The molecule has 0 N–H and O–H groups in total. The van der Waals surface area contributed by atoms with Gasteiger partial charge in [-0.05, 0) is 49.7 Å². The van der Waals surface area contributed by atoms with Crippen LogP contribution < -0.4 is 4.74 Å². The molecule has 0 heterocycles. The maximum absolute atomic E-state index is 14.3. The third-order valence-corrected chi connectivity index (χ3v) is 6.00. The van der Waals surface area contributed by atoms with Crippen LogP contribution in [-0.4, -0.2) is 25.1 Å². The van der Waals surface area contributed by atoms with Gasteiger partial charge in [0.1, 0.15) is 24.4 Å². The lowest BCUT2D eigenvalue weighted by Crippen LogP contribution is -2.37. The van der Waals surface area contributed by atoms with Crippen LogP contribution in [0.15, 0.2) is 18.2 Å². The Labute approximate surface area is 134 Å². The molecule has 4 aliphatic rings. The Hall–Kier alpha value is -1.65. The van der Waals surface area contributed by atoms with Gasteiger partial charge in [-0.1, -0.05) is 18.2 Å². The molecule has 1 aromatic carbocycles. The molecule has 4 fully saturated rings. The van der Waals surface area contributed by atoms with Gasteiger partial charge in [0, 0.05) is 5.92 Å². The summed E-state index contributed by atoms with van der Waals surface area (Å²) in [4.78, 5) is 12.2. The Kier molecular flexibility index (Phi) is 3.03. The zero-order valence-electron chi connectivity index (χ0n) is 13.3. The molecule has 0 aliphatic heterocycles. The molecule has 4 aliphatic carbocycles. The van der Waals surface area contributed by atoms with Gasteiger partial charge in [0.25, 0.3) is 5.92 Å². The molecule has 0 saturated heterocycles. The lowest BCUT2D eigenvalue weighted by atomic mass is 9.99. The average molecular weight is 322 g/mol. The van der Waals surface area contributed by atoms with Gasteiger partial charge in [0.15, 0.2) is 0 Å². The summed E-state index contributed by atoms with van der Waals surface area (Å²) in [6, 6.07) is 5.82. The highest BCUT2D eigenvalue weighted by Gasteiger charge is 2.92. The maximum Gasteiger partial charge on any atom is 0.318 e. The van der Waals surface area contributed by atoms with Crippen LogP contribution in [0.25, 0.3) is 0 Å². The lowest BCUT2D eigenvalue weighted by molar-refractivity contribution is -0.168. The van der Waals surface area contributed by atoms with Crippen molar-refractivity contribution < 1.29 is 23.0 Å². The first-order valence-corrected chi connectivity index (χ1v) is 8.14. The van der Waals surface area contributed by atoms with E-state index in [0.717, 1.165) is 16.9 Å². The van der Waals surface area contributed by atoms with Gasteiger partial charge in [0.05, 0.1) is 0 Å². The van der Waals surface area contributed by atoms with E-state index in [9.17, 15) is 13.6 Å². The summed E-state index contributed by atoms with van der Waals surface area (Å²) in [5.41, 5.74) is 0.497. The predicted molar refractivity (Wildman–Crippen MR) is 79.5 cm³/mol. The fraction of sp³-hybridized carbons (Fsp3) is 0.611. The van der Waals surface area contributed by atoms with Crippen molar-refractivity contribution in [1.29, 1.82) is 0 Å². The lowest BCUT2D eigenvalue weighted by Gasteiger charge is -2.21. The van der Waals surface area contributed by atoms with Crippen molar-refractivity contribution in [2.24, 2.45) is 23.2 Å². The number of alkyl halides is 2. The Morgan fingerprint density at radius 2 is 1.78 bits per heavy atom. The van der Waals surface area contributed by atoms with E-state index in [1.54, 1.807) is 0 Å². The van der Waals surface area contributed by atoms with Crippen LogP contribution in [0.1, 0.15) is 24.0 Å². The van der Waals surface area contributed by atoms with Crippen LogP contribution >= 0.6 is 0 Å². The topological polar surface area (TPSA) is 35.5 Å². The third-order valence-electron chi connectivity index (χ3n) is 6.00. The minimum atomic E-state index is -2.88. The van der Waals surface area contributed by atoms with E-state index in [0.29, 0.717) is 12.8 Å². The number of rotatable bonds is 5. The van der Waals surface area contributed by atoms with Gasteiger partial charge in [-0.3, -0.25) is 4.79 Å². The number of aryl methyl sites for hydroxylation is 2. The van der Waals surface area contributed by atoms with Crippen molar-refractivity contribution in [3.8, 4) is 5.75 Å². The van der Waals surface area contributed by atoms with Gasteiger partial charge in [-0.25, -0.2) is 8.78 Å². The smallest absolute Gasteiger partial charge is 0.318 e. The molecule has 5 rings (SSSR count). The van der Waals surface area contributed by atoms with Crippen LogP contribution in [0.3, 0.4) is 0 Å². The second-order valence-electron chi connectivity index (χ2n) is 7.08. The van der Waals surface area contributed by atoms with Crippen molar-refractivity contribution in [3.05, 3.63) is 29.3 Å². The second kappa shape index (κ2) is 4.68. The Balaban J connectivity index is 1.34. The third kappa shape index (κ3) is 1.76. The number of hydrogen-bond acceptors (Lipinski definition) is 3. The molecule has 2 unspecified atom stereocenters. The molecule has 0 radical (unpaired) electrons. The summed E-state index contributed by atoms with van der Waals surface area (Å²) in [6.07, 6.45) is 0.956. The number of esters is 1. The van der Waals surface area contributed by atoms with E-state index in [1.165, 1.54) is 0 Å². The van der Waals surface area contributed by atoms with Gasteiger partial charge in [-0.15, -0.1) is 0 Å². The Morgan fingerprint density at radius 1 is 1.17 bits per heavy atom. The molecule has 0 spiro atoms. The summed E-state index contributed by atoms with van der Waals surface area (Å²) in [6.45, 7) is 4.06. The van der Waals surface area contributed by atoms with Gasteiger partial charge in [-0.2, -0.15) is 0 Å². The van der Waals surface area contributed by atoms with Crippen LogP contribution in [0, 0.1) is 37.0 Å². The highest BCUT2D eigenvalue weighted by molar-refractivity contribution is 5.85. The average Bonchev–Trinajstić information content (AvgIpc) is 2.76. The molecule has 3 nitrogen and oxygen atoms in total. The standard InChI is InChI=1S/C18H20F2O3/c1-10-4-3-5-11(2)15(10)22-6-7-23-16(21)17-13-8-12(9-14(13)17)18(17,19)20/h3-5,12-14H,6-9H2,1-2H3. The fourth-order valence-corrected chi connectivity index (χ4v) is 4.94. The predicted octanol–water partition coefficient (Wildman–Crippen LogP) is 3.52. The zero-order valence-corrected chi connectivity index (χ0v) is 13.3. The number of halogens is 2. The first kappa shape index (κ1) is 14.9. The molecule has 4 bridgehead atoms. The van der Waals surface area contributed by atoms with Gasteiger partial charge >= 0.3 is 5.97 Å². The fourth-order valence-electron chi connectivity index (χ4n) is 4.94. The summed E-state index contributed by atoms with van der Waals surface area (Å²) in [7, 11) is 0. The zero-order chi connectivity index (χ0) is 16.4. The largest absolute Gasteiger partial charge is 0.489 e. The van der Waals surface area contributed by atoms with E-state index in [-0.39, 0.29) is 25.0 Å². The number of para-hydroxylation sites is 1. The van der Waals surface area contributed by atoms with Crippen LogP contribution in [0.5, 0.6) is 5.75 Å². The highest BCUT2D eigenvalue weighted by atomic mass is 19.3. The quantitative estimate of drug-likeness (QED) is 0.615. The van der Waals surface area contributed by atoms with Crippen LogP contribution in [-0.2, 0) is 9.53 Å². The van der Waals surface area contributed by atoms with Crippen molar-refractivity contribution in [2.75, 3.05) is 13.2 Å². The number of ether oxygens (including phenoxy) is 2. The molecule has 5 heteroatoms. The number of carbonyl (C=O) groups is 1. The number of benzene rings is 1. The first-order chi connectivity index (χ1) is 10.9. The molecular weight excluding hydrogens is 302 g/mol. The second-order valence-corrected chi connectivity index (χ2v) is 7.08. The minimum absolute atomic E-state index is 0.00848. The van der Waals surface area contributed by atoms with E-state index < -0.39 is 23.2 Å². The SMILES string of the molecule is Cc1cccc(C)c1OCCOC(=O)C12C3CC(CC31)C2(F)F. The Morgan fingerprint density at radius 3 is 2.30 bits per heavy atom. The van der Waals surface area contributed by atoms with Gasteiger partial charge in [0.2, 0.25) is 0 Å². The normalized spacial score (nSPS) is 35.2. The summed E-state index contributed by atoms with van der Waals surface area (Å²) in [5, 5.41) is 0.